The molecule has 5 aromatic rings. The molecule has 1 amide bonds. The standard InChI is InChI=1S/C26H23F3N8O/c1-14(23-33-21-17(28)13-16(27)20(29)22(21)34-23)24-32-18-5-4-15(12-19(18)35(24)2)25(38)36-8-10-37(11-9-36)26-30-6-3-7-31-26/h3-7,12-14H,8-11H2,1-2H3,(H,33,34). The summed E-state index contributed by atoms with van der Waals surface area (Å²) in [6.45, 7) is 4.14. The van der Waals surface area contributed by atoms with Crippen LogP contribution in [0.5, 0.6) is 0 Å². The molecule has 1 N–H and O–H groups in total. The number of imidazole rings is 2. The predicted molar refractivity (Wildman–Crippen MR) is 134 cm³/mol. The topological polar surface area (TPSA) is 95.8 Å². The van der Waals surface area contributed by atoms with E-state index in [0.29, 0.717) is 55.1 Å². The largest absolute Gasteiger partial charge is 0.339 e. The summed E-state index contributed by atoms with van der Waals surface area (Å²) in [5, 5.41) is 0. The van der Waals surface area contributed by atoms with E-state index < -0.39 is 23.4 Å². The fourth-order valence-electron chi connectivity index (χ4n) is 4.89. The maximum absolute atomic E-state index is 14.2. The lowest BCUT2D eigenvalue weighted by molar-refractivity contribution is 0.0746. The van der Waals surface area contributed by atoms with Crippen LogP contribution >= 0.6 is 0 Å². The van der Waals surface area contributed by atoms with Gasteiger partial charge in [0.25, 0.3) is 5.91 Å². The number of hydrogen-bond acceptors (Lipinski definition) is 6. The van der Waals surface area contributed by atoms with Crippen LogP contribution in [0.1, 0.15) is 34.8 Å². The van der Waals surface area contributed by atoms with Gasteiger partial charge >= 0.3 is 0 Å². The van der Waals surface area contributed by atoms with Crippen molar-refractivity contribution in [1.82, 2.24) is 34.4 Å². The van der Waals surface area contributed by atoms with Crippen molar-refractivity contribution in [2.75, 3.05) is 31.1 Å². The van der Waals surface area contributed by atoms with Crippen LogP contribution in [-0.4, -0.2) is 66.5 Å². The number of fused-ring (bicyclic) bond motifs is 2. The first-order chi connectivity index (χ1) is 18.3. The molecule has 1 fully saturated rings. The normalized spacial score (nSPS) is 15.0. The molecule has 1 atom stereocenters. The second-order valence-electron chi connectivity index (χ2n) is 9.28. The summed E-state index contributed by atoms with van der Waals surface area (Å²) < 4.78 is 43.9. The van der Waals surface area contributed by atoms with Gasteiger partial charge < -0.3 is 19.4 Å². The Morgan fingerprint density at radius 1 is 1.00 bits per heavy atom. The third kappa shape index (κ3) is 3.92. The van der Waals surface area contributed by atoms with Gasteiger partial charge in [-0.15, -0.1) is 0 Å². The Morgan fingerprint density at radius 3 is 2.47 bits per heavy atom. The Morgan fingerprint density at radius 2 is 1.74 bits per heavy atom. The predicted octanol–water partition coefficient (Wildman–Crippen LogP) is 3.77. The van der Waals surface area contributed by atoms with Crippen LogP contribution in [0.15, 0.2) is 42.7 Å². The van der Waals surface area contributed by atoms with Crippen LogP contribution in [0.2, 0.25) is 0 Å². The number of anilines is 1. The van der Waals surface area contributed by atoms with E-state index in [9.17, 15) is 18.0 Å². The minimum Gasteiger partial charge on any atom is -0.339 e. The quantitative estimate of drug-likeness (QED) is 0.363. The first kappa shape index (κ1) is 23.9. The number of aromatic amines is 1. The van der Waals surface area contributed by atoms with Crippen molar-refractivity contribution in [2.24, 2.45) is 7.05 Å². The molecule has 6 rings (SSSR count). The molecule has 194 valence electrons. The van der Waals surface area contributed by atoms with Crippen LogP contribution in [0.4, 0.5) is 19.1 Å². The monoisotopic (exact) mass is 520 g/mol. The summed E-state index contributed by atoms with van der Waals surface area (Å²) >= 11 is 0. The molecule has 2 aromatic carbocycles. The average molecular weight is 521 g/mol. The number of halogens is 3. The number of carbonyl (C=O) groups excluding carboxylic acids is 1. The van der Waals surface area contributed by atoms with Crippen molar-refractivity contribution in [3.63, 3.8) is 0 Å². The van der Waals surface area contributed by atoms with Gasteiger partial charge in [0.1, 0.15) is 22.7 Å². The van der Waals surface area contributed by atoms with Crippen molar-refractivity contribution >= 4 is 33.9 Å². The average Bonchev–Trinajstić information content (AvgIpc) is 3.54. The van der Waals surface area contributed by atoms with Crippen molar-refractivity contribution < 1.29 is 18.0 Å². The summed E-state index contributed by atoms with van der Waals surface area (Å²) in [4.78, 5) is 37.2. The molecule has 1 aliphatic rings. The van der Waals surface area contributed by atoms with E-state index in [-0.39, 0.29) is 22.8 Å². The third-order valence-electron chi connectivity index (χ3n) is 6.99. The second kappa shape index (κ2) is 9.12. The van der Waals surface area contributed by atoms with Crippen LogP contribution in [0.25, 0.3) is 22.1 Å². The number of rotatable bonds is 4. The van der Waals surface area contributed by atoms with Crippen molar-refractivity contribution in [3.8, 4) is 0 Å². The Balaban J connectivity index is 1.25. The molecule has 0 bridgehead atoms. The molecule has 0 spiro atoms. The Bertz CT molecular complexity index is 1670. The minimum absolute atomic E-state index is 0.0819. The number of carbonyl (C=O) groups is 1. The van der Waals surface area contributed by atoms with Crippen LogP contribution < -0.4 is 4.90 Å². The molecular weight excluding hydrogens is 497 g/mol. The van der Waals surface area contributed by atoms with Crippen molar-refractivity contribution in [1.29, 1.82) is 0 Å². The molecule has 0 aliphatic carbocycles. The van der Waals surface area contributed by atoms with Crippen molar-refractivity contribution in [2.45, 2.75) is 12.8 Å². The first-order valence-electron chi connectivity index (χ1n) is 12.1. The summed E-state index contributed by atoms with van der Waals surface area (Å²) in [7, 11) is 1.80. The molecule has 0 radical (unpaired) electrons. The summed E-state index contributed by atoms with van der Waals surface area (Å²) in [5.74, 6) is -2.52. The van der Waals surface area contributed by atoms with Gasteiger partial charge in [0.2, 0.25) is 5.95 Å². The van der Waals surface area contributed by atoms with Gasteiger partial charge in [-0.05, 0) is 31.2 Å². The molecule has 9 nitrogen and oxygen atoms in total. The van der Waals surface area contributed by atoms with E-state index in [0.717, 1.165) is 5.52 Å². The highest BCUT2D eigenvalue weighted by Crippen LogP contribution is 2.29. The molecular formula is C26H23F3N8O. The molecule has 1 aliphatic heterocycles. The fourth-order valence-corrected chi connectivity index (χ4v) is 4.89. The van der Waals surface area contributed by atoms with E-state index in [1.165, 1.54) is 0 Å². The van der Waals surface area contributed by atoms with Crippen molar-refractivity contribution in [3.05, 3.63) is 77.4 Å². The third-order valence-corrected chi connectivity index (χ3v) is 6.99. The highest BCUT2D eigenvalue weighted by Gasteiger charge is 2.26. The summed E-state index contributed by atoms with van der Waals surface area (Å²) in [6, 6.07) is 7.56. The summed E-state index contributed by atoms with van der Waals surface area (Å²) in [5.41, 5.74) is 1.34. The highest BCUT2D eigenvalue weighted by atomic mass is 19.2. The lowest BCUT2D eigenvalue weighted by Crippen LogP contribution is -2.49. The number of amides is 1. The number of benzene rings is 2. The minimum atomic E-state index is -1.28. The van der Waals surface area contributed by atoms with Gasteiger partial charge in [-0.3, -0.25) is 4.79 Å². The SMILES string of the molecule is CC(c1nc2c(F)cc(F)c(F)c2[nH]1)c1nc2ccc(C(=O)N3CCN(c4ncccn4)CC3)cc2n1C. The van der Waals surface area contributed by atoms with Gasteiger partial charge in [-0.1, -0.05) is 0 Å². The fraction of sp³-hybridized carbons (Fsp3) is 0.269. The van der Waals surface area contributed by atoms with Crippen LogP contribution in [0.3, 0.4) is 0 Å². The Kier molecular flexibility index (Phi) is 5.73. The maximum atomic E-state index is 14.2. The van der Waals surface area contributed by atoms with Gasteiger partial charge in [-0.25, -0.2) is 33.1 Å². The lowest BCUT2D eigenvalue weighted by atomic mass is 10.1. The van der Waals surface area contributed by atoms with E-state index in [1.807, 2.05) is 9.47 Å². The number of nitrogens with zero attached hydrogens (tertiary/aromatic N) is 7. The van der Waals surface area contributed by atoms with Crippen LogP contribution in [0, 0.1) is 17.5 Å². The maximum Gasteiger partial charge on any atom is 0.254 e. The Hall–Kier alpha value is -4.48. The number of aryl methyl sites for hydroxylation is 1. The van der Waals surface area contributed by atoms with Gasteiger partial charge in [-0.2, -0.15) is 0 Å². The number of aromatic nitrogens is 6. The number of hydrogen-bond donors (Lipinski definition) is 1. The van der Waals surface area contributed by atoms with E-state index in [2.05, 4.69) is 24.9 Å². The van der Waals surface area contributed by atoms with E-state index >= 15 is 0 Å². The van der Waals surface area contributed by atoms with E-state index in [4.69, 9.17) is 0 Å². The molecule has 1 unspecified atom stereocenters. The molecule has 1 saturated heterocycles. The molecule has 38 heavy (non-hydrogen) atoms. The van der Waals surface area contributed by atoms with Gasteiger partial charge in [0.05, 0.1) is 17.0 Å². The molecule has 3 aromatic heterocycles. The Labute approximate surface area is 215 Å². The molecule has 4 heterocycles. The van der Waals surface area contributed by atoms with Crippen LogP contribution in [-0.2, 0) is 7.05 Å². The number of H-pyrrole nitrogens is 1. The highest BCUT2D eigenvalue weighted by molar-refractivity contribution is 5.97. The number of piperazine rings is 1. The zero-order valence-electron chi connectivity index (χ0n) is 20.6. The molecule has 12 heteroatoms. The second-order valence-corrected chi connectivity index (χ2v) is 9.28. The van der Waals surface area contributed by atoms with E-state index in [1.54, 1.807) is 55.5 Å². The van der Waals surface area contributed by atoms with Gasteiger partial charge in [0.15, 0.2) is 17.5 Å². The summed E-state index contributed by atoms with van der Waals surface area (Å²) in [6.07, 6.45) is 3.39. The van der Waals surface area contributed by atoms with Gasteiger partial charge in [0, 0.05) is 57.3 Å². The first-order valence-corrected chi connectivity index (χ1v) is 12.1. The zero-order valence-corrected chi connectivity index (χ0v) is 20.6. The number of nitrogens with one attached hydrogen (secondary N) is 1. The molecule has 0 saturated carbocycles. The lowest BCUT2D eigenvalue weighted by Gasteiger charge is -2.34. The zero-order chi connectivity index (χ0) is 26.6. The smallest absolute Gasteiger partial charge is 0.254 e.